The van der Waals surface area contributed by atoms with Gasteiger partial charge in [0.15, 0.2) is 5.03 Å². The quantitative estimate of drug-likeness (QED) is 0.440. The molecule has 0 amide bonds. The minimum atomic E-state index is -5.64. The van der Waals surface area contributed by atoms with E-state index >= 15 is 0 Å². The summed E-state index contributed by atoms with van der Waals surface area (Å²) < 4.78 is 121. The smallest absolute Gasteiger partial charge is 0.495 e. The van der Waals surface area contributed by atoms with E-state index in [0.717, 1.165) is 44.4 Å². The summed E-state index contributed by atoms with van der Waals surface area (Å²) in [7, 11) is -13.4. The highest BCUT2D eigenvalue weighted by Crippen LogP contribution is 2.37. The average molecular weight is 565 g/mol. The number of benzene rings is 2. The highest BCUT2D eigenvalue weighted by atomic mass is 32.2. The van der Waals surface area contributed by atoms with Gasteiger partial charge in [-0.05, 0) is 48.9 Å². The lowest BCUT2D eigenvalue weighted by atomic mass is 10.1. The van der Waals surface area contributed by atoms with Gasteiger partial charge in [0.1, 0.15) is 10.6 Å². The van der Waals surface area contributed by atoms with Crippen LogP contribution in [0.4, 0.5) is 13.2 Å². The Bertz CT molecular complexity index is 1570. The van der Waals surface area contributed by atoms with Crippen molar-refractivity contribution in [2.75, 3.05) is 7.11 Å². The summed E-state index contributed by atoms with van der Waals surface area (Å²) in [5.41, 5.74) is -5.49. The Hall–Kier alpha value is -3.01. The van der Waals surface area contributed by atoms with Crippen LogP contribution in [0.1, 0.15) is 18.5 Å². The number of hydrogen-bond acceptors (Lipinski definition) is 8. The van der Waals surface area contributed by atoms with Crippen molar-refractivity contribution in [3.8, 4) is 5.75 Å². The predicted molar refractivity (Wildman–Crippen MR) is 121 cm³/mol. The Balaban J connectivity index is 2.08. The SMILES string of the molecule is COc1cccc(S(=O)(=O)c2ccccn2)c1S(=O)(=O)c1ccc([C@H](C)NS(=O)(=O)C(F)(F)F)cc1. The normalized spacial score (nSPS) is 13.8. The minimum Gasteiger partial charge on any atom is -0.495 e. The number of sulfonamides is 1. The van der Waals surface area contributed by atoms with Crippen LogP contribution >= 0.6 is 0 Å². The van der Waals surface area contributed by atoms with Crippen LogP contribution in [0.5, 0.6) is 5.75 Å². The molecule has 0 aliphatic heterocycles. The molecule has 15 heteroatoms. The molecular formula is C21H19F3N2O7S3. The van der Waals surface area contributed by atoms with E-state index in [1.165, 1.54) is 41.3 Å². The highest BCUT2D eigenvalue weighted by molar-refractivity contribution is 7.94. The van der Waals surface area contributed by atoms with E-state index in [9.17, 15) is 38.4 Å². The summed E-state index contributed by atoms with van der Waals surface area (Å²) in [5.74, 6) is -0.262. The number of hydrogen-bond donors (Lipinski definition) is 1. The van der Waals surface area contributed by atoms with Crippen molar-refractivity contribution in [2.24, 2.45) is 0 Å². The second-order valence-corrected chi connectivity index (χ2v) is 12.8. The molecule has 194 valence electrons. The van der Waals surface area contributed by atoms with Crippen molar-refractivity contribution in [1.29, 1.82) is 0 Å². The lowest BCUT2D eigenvalue weighted by molar-refractivity contribution is -0.0450. The molecule has 0 unspecified atom stereocenters. The molecule has 1 heterocycles. The van der Waals surface area contributed by atoms with Crippen LogP contribution in [-0.2, 0) is 29.7 Å². The van der Waals surface area contributed by atoms with Gasteiger partial charge in [0.2, 0.25) is 19.7 Å². The molecule has 36 heavy (non-hydrogen) atoms. The first-order valence-electron chi connectivity index (χ1n) is 9.89. The second-order valence-electron chi connectivity index (χ2n) is 7.32. The summed E-state index contributed by atoms with van der Waals surface area (Å²) in [6.45, 7) is 1.14. The van der Waals surface area contributed by atoms with Gasteiger partial charge in [-0.3, -0.25) is 0 Å². The third-order valence-electron chi connectivity index (χ3n) is 4.96. The van der Waals surface area contributed by atoms with E-state index in [1.54, 1.807) is 0 Å². The van der Waals surface area contributed by atoms with Crippen LogP contribution in [0.15, 0.2) is 86.6 Å². The maximum absolute atomic E-state index is 13.5. The summed E-state index contributed by atoms with van der Waals surface area (Å²) in [6, 6.07) is 10.7. The topological polar surface area (TPSA) is 137 Å². The molecule has 1 N–H and O–H groups in total. The first kappa shape index (κ1) is 27.6. The highest BCUT2D eigenvalue weighted by Gasteiger charge is 2.46. The molecule has 0 spiro atoms. The molecule has 0 aliphatic carbocycles. The molecule has 0 radical (unpaired) electrons. The van der Waals surface area contributed by atoms with Crippen LogP contribution < -0.4 is 9.46 Å². The molecule has 0 saturated carbocycles. The fraction of sp³-hybridized carbons (Fsp3) is 0.190. The second kappa shape index (κ2) is 9.80. The maximum atomic E-state index is 13.5. The van der Waals surface area contributed by atoms with E-state index in [1.807, 2.05) is 0 Å². The Morgan fingerprint density at radius 1 is 0.861 bits per heavy atom. The van der Waals surface area contributed by atoms with Gasteiger partial charge in [-0.1, -0.05) is 24.3 Å². The molecule has 0 bridgehead atoms. The fourth-order valence-corrected chi connectivity index (χ4v) is 7.33. The molecule has 1 atom stereocenters. The Kier molecular flexibility index (Phi) is 7.51. The molecule has 0 aliphatic rings. The van der Waals surface area contributed by atoms with Crippen molar-refractivity contribution in [2.45, 2.75) is 38.2 Å². The molecule has 1 aromatic heterocycles. The van der Waals surface area contributed by atoms with Crippen molar-refractivity contribution in [3.63, 3.8) is 0 Å². The van der Waals surface area contributed by atoms with Gasteiger partial charge in [0.25, 0.3) is 0 Å². The molecule has 0 fully saturated rings. The summed E-state index contributed by atoms with van der Waals surface area (Å²) in [5, 5.41) is -0.393. The number of halogens is 3. The van der Waals surface area contributed by atoms with Crippen molar-refractivity contribution < 1.29 is 43.2 Å². The summed E-state index contributed by atoms with van der Waals surface area (Å²) in [6.07, 6.45) is 1.23. The van der Waals surface area contributed by atoms with Crippen LogP contribution in [-0.4, -0.2) is 42.9 Å². The van der Waals surface area contributed by atoms with Gasteiger partial charge in [0.05, 0.1) is 16.9 Å². The number of nitrogens with one attached hydrogen (secondary N) is 1. The van der Waals surface area contributed by atoms with E-state index in [-0.39, 0.29) is 11.3 Å². The van der Waals surface area contributed by atoms with E-state index < -0.39 is 61.0 Å². The van der Waals surface area contributed by atoms with E-state index in [4.69, 9.17) is 4.74 Å². The minimum absolute atomic E-state index is 0.0307. The molecule has 9 nitrogen and oxygen atoms in total. The largest absolute Gasteiger partial charge is 0.511 e. The van der Waals surface area contributed by atoms with Gasteiger partial charge >= 0.3 is 15.5 Å². The molecule has 0 saturated heterocycles. The Morgan fingerprint density at radius 2 is 1.50 bits per heavy atom. The monoisotopic (exact) mass is 564 g/mol. The van der Waals surface area contributed by atoms with Gasteiger partial charge in [0, 0.05) is 12.2 Å². The maximum Gasteiger partial charge on any atom is 0.511 e. The molecule has 2 aromatic carbocycles. The van der Waals surface area contributed by atoms with E-state index in [2.05, 4.69) is 4.98 Å². The fourth-order valence-electron chi connectivity index (χ4n) is 3.17. The molecule has 3 aromatic rings. The summed E-state index contributed by atoms with van der Waals surface area (Å²) >= 11 is 0. The number of aromatic nitrogens is 1. The zero-order valence-corrected chi connectivity index (χ0v) is 21.0. The van der Waals surface area contributed by atoms with Gasteiger partial charge < -0.3 is 4.74 Å². The number of rotatable bonds is 8. The number of pyridine rings is 1. The number of ether oxygens (including phenoxy) is 1. The first-order valence-corrected chi connectivity index (χ1v) is 14.3. The predicted octanol–water partition coefficient (Wildman–Crippen LogP) is 3.26. The van der Waals surface area contributed by atoms with Gasteiger partial charge in [-0.15, -0.1) is 0 Å². The number of alkyl halides is 3. The van der Waals surface area contributed by atoms with Crippen molar-refractivity contribution in [1.82, 2.24) is 9.71 Å². The number of nitrogens with zero attached hydrogens (tertiary/aromatic N) is 1. The Labute approximate surface area is 205 Å². The van der Waals surface area contributed by atoms with Crippen LogP contribution in [0.25, 0.3) is 0 Å². The van der Waals surface area contributed by atoms with Gasteiger partial charge in [-0.2, -0.15) is 13.2 Å². The third kappa shape index (κ3) is 5.23. The molecule has 3 rings (SSSR count). The zero-order chi connectivity index (χ0) is 26.9. The zero-order valence-electron chi connectivity index (χ0n) is 18.6. The average Bonchev–Trinajstić information content (AvgIpc) is 2.83. The summed E-state index contributed by atoms with van der Waals surface area (Å²) in [4.78, 5) is 2.15. The van der Waals surface area contributed by atoms with E-state index in [0.29, 0.717) is 0 Å². The first-order chi connectivity index (χ1) is 16.6. The lowest BCUT2D eigenvalue weighted by Crippen LogP contribution is -2.37. The lowest BCUT2D eigenvalue weighted by Gasteiger charge is -2.17. The third-order valence-corrected chi connectivity index (χ3v) is 9.93. The Morgan fingerprint density at radius 3 is 2.03 bits per heavy atom. The van der Waals surface area contributed by atoms with Crippen molar-refractivity contribution in [3.05, 3.63) is 72.4 Å². The van der Waals surface area contributed by atoms with Crippen LogP contribution in [0, 0.1) is 0 Å². The number of methoxy groups -OCH3 is 1. The van der Waals surface area contributed by atoms with Gasteiger partial charge in [-0.25, -0.2) is 35.0 Å². The molecular weight excluding hydrogens is 545 g/mol. The van der Waals surface area contributed by atoms with Crippen molar-refractivity contribution >= 4 is 29.7 Å². The van der Waals surface area contributed by atoms with Crippen LogP contribution in [0.2, 0.25) is 0 Å². The van der Waals surface area contributed by atoms with Crippen LogP contribution in [0.3, 0.4) is 0 Å². The standard InChI is InChI=1S/C21H19F3N2O7S3/c1-14(26-36(31,32)21(22,23)24)15-9-11-16(12-10-15)34(27,28)20-17(33-2)6-5-7-18(20)35(29,30)19-8-3-4-13-25-19/h3-14,26H,1-2H3/t14-/m0/s1. The number of sulfone groups is 2.